The van der Waals surface area contributed by atoms with Crippen LogP contribution in [0.25, 0.3) is 0 Å². The van der Waals surface area contributed by atoms with Crippen molar-refractivity contribution in [2.24, 2.45) is 16.7 Å². The van der Waals surface area contributed by atoms with Crippen LogP contribution in [-0.2, 0) is 9.59 Å². The summed E-state index contributed by atoms with van der Waals surface area (Å²) in [5, 5.41) is 17.5. The molecule has 13 heteroatoms. The lowest BCUT2D eigenvalue weighted by molar-refractivity contribution is -0.164. The number of anilines is 2. The summed E-state index contributed by atoms with van der Waals surface area (Å²) in [6.45, 7) is 18.5. The molecule has 4 aliphatic rings. The monoisotopic (exact) mass is 805 g/mol. The largest absolute Gasteiger partial charge is 0.489 e. The van der Waals surface area contributed by atoms with E-state index in [0.29, 0.717) is 17.0 Å². The number of nitrogens with zero attached hydrogens (tertiary/aromatic N) is 4. The van der Waals surface area contributed by atoms with Gasteiger partial charge in [0.25, 0.3) is 11.8 Å². The van der Waals surface area contributed by atoms with Gasteiger partial charge in [-0.1, -0.05) is 27.7 Å². The van der Waals surface area contributed by atoms with E-state index in [2.05, 4.69) is 64.4 Å². The molecule has 3 saturated heterocycles. The number of ether oxygens (including phenoxy) is 1. The molecule has 0 spiro atoms. The van der Waals surface area contributed by atoms with Crippen LogP contribution in [0.2, 0.25) is 0 Å². The number of piperazine rings is 1. The summed E-state index contributed by atoms with van der Waals surface area (Å²) in [5.41, 5.74) is 4.17. The Morgan fingerprint density at radius 2 is 1.44 bits per heavy atom. The number of halogens is 1. The predicted octanol–water partition coefficient (Wildman–Crippen LogP) is 5.50. The first kappa shape index (κ1) is 41.7. The van der Waals surface area contributed by atoms with E-state index in [1.807, 2.05) is 50.2 Å². The number of amides is 4. The second-order valence-electron chi connectivity index (χ2n) is 18.0. The molecule has 3 aromatic rings. The van der Waals surface area contributed by atoms with Crippen molar-refractivity contribution >= 4 is 35.0 Å². The van der Waals surface area contributed by atoms with Gasteiger partial charge in [0.1, 0.15) is 23.7 Å². The number of nitriles is 1. The van der Waals surface area contributed by atoms with Crippen LogP contribution in [-0.4, -0.2) is 92.5 Å². The molecule has 0 bridgehead atoms. The molecule has 4 fully saturated rings. The Morgan fingerprint density at radius 1 is 0.831 bits per heavy atom. The molecule has 0 radical (unpaired) electrons. The average Bonchev–Trinajstić information content (AvgIpc) is 3.20. The first-order valence-corrected chi connectivity index (χ1v) is 20.8. The molecule has 3 aliphatic heterocycles. The molecule has 312 valence electrons. The number of hydrogen-bond donors (Lipinski definition) is 3. The molecule has 3 N–H and O–H groups in total. The minimum atomic E-state index is -0.862. The molecule has 1 unspecified atom stereocenters. The lowest BCUT2D eigenvalue weighted by Crippen LogP contribution is -2.74. The maximum Gasteiger partial charge on any atom is 0.254 e. The SMILES string of the molecule is Cc1cc(O[C@H]2C(C)(C)[C@H](NC(=O)c3ccc(N4CCC(CN5CCN(c6ccc(C(=O)NC7CCC(=O)NC7=O)c(F)c6)CC5)CC4)cc3)C2(C)C)cc(C)c1C#N. The van der Waals surface area contributed by atoms with Crippen molar-refractivity contribution in [1.82, 2.24) is 20.9 Å². The third-order valence-electron chi connectivity index (χ3n) is 13.1. The topological polar surface area (TPSA) is 147 Å². The van der Waals surface area contributed by atoms with Gasteiger partial charge in [-0.3, -0.25) is 29.4 Å². The third-order valence-corrected chi connectivity index (χ3v) is 13.1. The summed E-state index contributed by atoms with van der Waals surface area (Å²) in [5.74, 6) is -1.05. The number of benzene rings is 3. The van der Waals surface area contributed by atoms with Crippen LogP contribution in [0.3, 0.4) is 0 Å². The van der Waals surface area contributed by atoms with Crippen LogP contribution >= 0.6 is 0 Å². The van der Waals surface area contributed by atoms with Crippen molar-refractivity contribution in [2.45, 2.75) is 85.4 Å². The standard InChI is InChI=1S/C46H56FN7O5/c1-28-23-34(24-29(2)36(28)26-48)59-44-45(3,4)43(46(44,5)6)51-40(56)31-7-9-32(10-8-31)53-17-15-30(16-18-53)27-52-19-21-54(22-20-52)33-11-12-35(37(47)25-33)41(57)49-38-13-14-39(55)50-42(38)58/h7-12,23-25,30,38,43-44H,13-22,27H2,1-6H3,(H,49,57)(H,51,56)(H,50,55,58)/t38?,43-,44-. The molecule has 3 heterocycles. The number of hydrogen-bond acceptors (Lipinski definition) is 9. The fraction of sp³-hybridized carbons (Fsp3) is 0.500. The highest BCUT2D eigenvalue weighted by Gasteiger charge is 2.64. The van der Waals surface area contributed by atoms with Crippen molar-refractivity contribution < 1.29 is 28.3 Å². The van der Waals surface area contributed by atoms with E-state index in [9.17, 15) is 24.4 Å². The van der Waals surface area contributed by atoms with E-state index in [0.717, 1.165) is 86.9 Å². The van der Waals surface area contributed by atoms with Gasteiger partial charge in [0, 0.05) is 86.0 Å². The van der Waals surface area contributed by atoms with E-state index in [4.69, 9.17) is 4.74 Å². The zero-order valence-electron chi connectivity index (χ0n) is 35.0. The lowest BCUT2D eigenvalue weighted by Gasteiger charge is -2.63. The molecular formula is C46H56FN7O5. The third kappa shape index (κ3) is 8.65. The number of imide groups is 1. The van der Waals surface area contributed by atoms with Crippen LogP contribution in [0.5, 0.6) is 5.75 Å². The second kappa shape index (κ2) is 16.6. The van der Waals surface area contributed by atoms with Crippen molar-refractivity contribution in [1.29, 1.82) is 5.26 Å². The van der Waals surface area contributed by atoms with Crippen LogP contribution in [0, 0.1) is 47.7 Å². The summed E-state index contributed by atoms with van der Waals surface area (Å²) >= 11 is 0. The van der Waals surface area contributed by atoms with Crippen LogP contribution in [0.1, 0.15) is 90.8 Å². The van der Waals surface area contributed by atoms with Gasteiger partial charge >= 0.3 is 0 Å². The van der Waals surface area contributed by atoms with Crippen molar-refractivity contribution in [3.8, 4) is 11.8 Å². The van der Waals surface area contributed by atoms with Crippen molar-refractivity contribution in [2.75, 3.05) is 55.6 Å². The predicted molar refractivity (Wildman–Crippen MR) is 224 cm³/mol. The normalized spacial score (nSPS) is 23.1. The molecule has 7 rings (SSSR count). The number of nitrogens with one attached hydrogen (secondary N) is 3. The second-order valence-corrected chi connectivity index (χ2v) is 18.0. The smallest absolute Gasteiger partial charge is 0.254 e. The highest BCUT2D eigenvalue weighted by molar-refractivity contribution is 6.04. The summed E-state index contributed by atoms with van der Waals surface area (Å²) in [6, 6.07) is 17.7. The lowest BCUT2D eigenvalue weighted by atomic mass is 9.49. The highest BCUT2D eigenvalue weighted by atomic mass is 19.1. The Bertz CT molecular complexity index is 2110. The maximum atomic E-state index is 15.1. The molecule has 1 atom stereocenters. The molecule has 0 aromatic heterocycles. The van der Waals surface area contributed by atoms with Crippen LogP contribution < -0.4 is 30.5 Å². The van der Waals surface area contributed by atoms with Gasteiger partial charge in [-0.2, -0.15) is 5.26 Å². The Morgan fingerprint density at radius 3 is 2.03 bits per heavy atom. The van der Waals surface area contributed by atoms with Gasteiger partial charge in [-0.15, -0.1) is 0 Å². The molecule has 4 amide bonds. The van der Waals surface area contributed by atoms with E-state index in [1.165, 1.54) is 12.1 Å². The Labute approximate surface area is 346 Å². The highest BCUT2D eigenvalue weighted by Crippen LogP contribution is 2.55. The number of aryl methyl sites for hydroxylation is 2. The van der Waals surface area contributed by atoms with E-state index in [-0.39, 0.29) is 53.2 Å². The summed E-state index contributed by atoms with van der Waals surface area (Å²) in [6.07, 6.45) is 2.34. The molecule has 12 nitrogen and oxygen atoms in total. The van der Waals surface area contributed by atoms with Gasteiger partial charge in [0.2, 0.25) is 11.8 Å². The average molecular weight is 806 g/mol. The van der Waals surface area contributed by atoms with Crippen LogP contribution in [0.4, 0.5) is 15.8 Å². The van der Waals surface area contributed by atoms with Crippen molar-refractivity contribution in [3.05, 3.63) is 88.2 Å². The minimum absolute atomic E-state index is 0.0957. The van der Waals surface area contributed by atoms with Gasteiger partial charge in [-0.25, -0.2) is 4.39 Å². The number of rotatable bonds is 10. The van der Waals surface area contributed by atoms with E-state index < -0.39 is 23.7 Å². The van der Waals surface area contributed by atoms with Gasteiger partial charge in [0.15, 0.2) is 0 Å². The number of carbonyl (C=O) groups is 4. The molecule has 3 aromatic carbocycles. The Hall–Kier alpha value is -5.48. The zero-order valence-corrected chi connectivity index (χ0v) is 35.0. The van der Waals surface area contributed by atoms with Crippen molar-refractivity contribution in [3.63, 3.8) is 0 Å². The Balaban J connectivity index is 0.846. The fourth-order valence-corrected chi connectivity index (χ4v) is 10.0. The maximum absolute atomic E-state index is 15.1. The van der Waals surface area contributed by atoms with Crippen LogP contribution in [0.15, 0.2) is 54.6 Å². The molecular weight excluding hydrogens is 750 g/mol. The number of piperidine rings is 2. The Kier molecular flexibility index (Phi) is 11.8. The van der Waals surface area contributed by atoms with Gasteiger partial charge < -0.3 is 25.2 Å². The summed E-state index contributed by atoms with van der Waals surface area (Å²) < 4.78 is 21.6. The van der Waals surface area contributed by atoms with E-state index in [1.54, 1.807) is 6.07 Å². The van der Waals surface area contributed by atoms with E-state index >= 15 is 4.39 Å². The molecule has 59 heavy (non-hydrogen) atoms. The minimum Gasteiger partial charge on any atom is -0.489 e. The molecule has 1 saturated carbocycles. The summed E-state index contributed by atoms with van der Waals surface area (Å²) in [7, 11) is 0. The fourth-order valence-electron chi connectivity index (χ4n) is 10.0. The van der Waals surface area contributed by atoms with Gasteiger partial charge in [-0.05, 0) is 105 Å². The first-order valence-electron chi connectivity index (χ1n) is 20.8. The summed E-state index contributed by atoms with van der Waals surface area (Å²) in [4.78, 5) is 56.7. The zero-order chi connectivity index (χ0) is 42.2. The first-order chi connectivity index (χ1) is 28.0. The molecule has 1 aliphatic carbocycles. The number of carbonyl (C=O) groups excluding carboxylic acids is 4. The quantitative estimate of drug-likeness (QED) is 0.226. The van der Waals surface area contributed by atoms with Gasteiger partial charge in [0.05, 0.1) is 17.2 Å².